The average molecular weight is 338 g/mol. The molecule has 2 aromatic carbocycles. The lowest BCUT2D eigenvalue weighted by Gasteiger charge is -2.18. The second-order valence-electron chi connectivity index (χ2n) is 7.38. The molecular weight excluding hydrogens is 315 g/mol. The van der Waals surface area contributed by atoms with E-state index < -0.39 is 5.82 Å². The fourth-order valence-corrected chi connectivity index (χ4v) is 3.98. The number of likely N-dealkylation sites (tertiary alicyclic amines) is 1. The minimum absolute atomic E-state index is 0.181. The van der Waals surface area contributed by atoms with Crippen molar-refractivity contribution in [1.82, 2.24) is 10.2 Å². The molecule has 2 aromatic rings. The van der Waals surface area contributed by atoms with Crippen LogP contribution in [0.3, 0.4) is 0 Å². The quantitative estimate of drug-likeness (QED) is 0.910. The predicted molar refractivity (Wildman–Crippen MR) is 97.1 cm³/mol. The van der Waals surface area contributed by atoms with Crippen molar-refractivity contribution in [3.8, 4) is 11.1 Å². The standard InChI is InChI=1S/C21H23FN2O/c1-13-3-4-15(7-14(13)2)16-5-6-19(20(22)8-16)21(25)24-11-17-9-23-10-18(17)12-24/h3-8,17-18,23H,9-12H2,1-2H3/t17-,18+. The van der Waals surface area contributed by atoms with Crippen LogP contribution in [-0.4, -0.2) is 37.0 Å². The number of benzene rings is 2. The molecule has 4 rings (SSSR count). The Morgan fingerprint density at radius 2 is 1.64 bits per heavy atom. The summed E-state index contributed by atoms with van der Waals surface area (Å²) in [4.78, 5) is 14.5. The van der Waals surface area contributed by atoms with Crippen LogP contribution in [0.4, 0.5) is 4.39 Å². The Bertz CT molecular complexity index is 821. The molecule has 0 spiro atoms. The van der Waals surface area contributed by atoms with Crippen molar-refractivity contribution in [1.29, 1.82) is 0 Å². The van der Waals surface area contributed by atoms with Crippen LogP contribution in [0.15, 0.2) is 36.4 Å². The number of carbonyl (C=O) groups is 1. The van der Waals surface area contributed by atoms with Gasteiger partial charge in [0, 0.05) is 26.2 Å². The van der Waals surface area contributed by atoms with Gasteiger partial charge in [0.05, 0.1) is 5.56 Å². The van der Waals surface area contributed by atoms with Crippen molar-refractivity contribution in [3.05, 3.63) is 58.9 Å². The maximum absolute atomic E-state index is 14.6. The molecule has 2 aliphatic heterocycles. The van der Waals surface area contributed by atoms with Gasteiger partial charge in [0.1, 0.15) is 5.82 Å². The summed E-state index contributed by atoms with van der Waals surface area (Å²) in [6, 6.07) is 11.1. The molecule has 3 nitrogen and oxygen atoms in total. The minimum atomic E-state index is -0.434. The second kappa shape index (κ2) is 6.26. The minimum Gasteiger partial charge on any atom is -0.338 e. The third kappa shape index (κ3) is 2.95. The predicted octanol–water partition coefficient (Wildman–Crippen LogP) is 3.40. The monoisotopic (exact) mass is 338 g/mol. The van der Waals surface area contributed by atoms with Gasteiger partial charge in [0.25, 0.3) is 5.91 Å². The molecule has 130 valence electrons. The molecule has 2 saturated heterocycles. The van der Waals surface area contributed by atoms with E-state index >= 15 is 0 Å². The molecule has 0 radical (unpaired) electrons. The number of aryl methyl sites for hydroxylation is 2. The van der Waals surface area contributed by atoms with Crippen molar-refractivity contribution < 1.29 is 9.18 Å². The summed E-state index contributed by atoms with van der Waals surface area (Å²) in [5.41, 5.74) is 4.35. The van der Waals surface area contributed by atoms with Gasteiger partial charge in [-0.25, -0.2) is 4.39 Å². The number of amides is 1. The molecule has 0 aliphatic carbocycles. The van der Waals surface area contributed by atoms with Gasteiger partial charge < -0.3 is 10.2 Å². The molecule has 2 heterocycles. The number of hydrogen-bond donors (Lipinski definition) is 1. The lowest BCUT2D eigenvalue weighted by molar-refractivity contribution is 0.0777. The Kier molecular flexibility index (Phi) is 4.08. The summed E-state index contributed by atoms with van der Waals surface area (Å²) in [7, 11) is 0. The molecule has 0 bridgehead atoms. The van der Waals surface area contributed by atoms with Gasteiger partial charge in [-0.15, -0.1) is 0 Å². The first-order chi connectivity index (χ1) is 12.0. The smallest absolute Gasteiger partial charge is 0.256 e. The van der Waals surface area contributed by atoms with Gasteiger partial charge in [-0.1, -0.05) is 24.3 Å². The molecule has 0 unspecified atom stereocenters. The molecule has 0 saturated carbocycles. The number of rotatable bonds is 2. The maximum atomic E-state index is 14.6. The highest BCUT2D eigenvalue weighted by Gasteiger charge is 2.38. The summed E-state index contributed by atoms with van der Waals surface area (Å²) < 4.78 is 14.6. The van der Waals surface area contributed by atoms with Crippen molar-refractivity contribution in [2.45, 2.75) is 13.8 Å². The molecule has 2 fully saturated rings. The van der Waals surface area contributed by atoms with Gasteiger partial charge in [-0.3, -0.25) is 4.79 Å². The number of hydrogen-bond acceptors (Lipinski definition) is 2. The maximum Gasteiger partial charge on any atom is 0.256 e. The van der Waals surface area contributed by atoms with Crippen LogP contribution in [0, 0.1) is 31.5 Å². The largest absolute Gasteiger partial charge is 0.338 e. The zero-order chi connectivity index (χ0) is 17.6. The molecule has 2 atom stereocenters. The number of nitrogens with zero attached hydrogens (tertiary/aromatic N) is 1. The Labute approximate surface area is 147 Å². The molecule has 25 heavy (non-hydrogen) atoms. The molecule has 1 amide bonds. The van der Waals surface area contributed by atoms with Crippen LogP contribution in [0.1, 0.15) is 21.5 Å². The molecule has 1 N–H and O–H groups in total. The van der Waals surface area contributed by atoms with Crippen molar-refractivity contribution in [3.63, 3.8) is 0 Å². The van der Waals surface area contributed by atoms with Crippen LogP contribution in [0.25, 0.3) is 11.1 Å². The van der Waals surface area contributed by atoms with Gasteiger partial charge in [0.2, 0.25) is 0 Å². The first-order valence-corrected chi connectivity index (χ1v) is 8.90. The summed E-state index contributed by atoms with van der Waals surface area (Å²) in [5, 5.41) is 3.36. The fraction of sp³-hybridized carbons (Fsp3) is 0.381. The van der Waals surface area contributed by atoms with E-state index in [2.05, 4.69) is 18.3 Å². The summed E-state index contributed by atoms with van der Waals surface area (Å²) in [5.74, 6) is 0.415. The van der Waals surface area contributed by atoms with E-state index in [1.165, 1.54) is 17.2 Å². The number of carbonyl (C=O) groups excluding carboxylic acids is 1. The highest BCUT2D eigenvalue weighted by Crippen LogP contribution is 2.29. The number of nitrogens with one attached hydrogen (secondary N) is 1. The van der Waals surface area contributed by atoms with E-state index in [4.69, 9.17) is 0 Å². The zero-order valence-corrected chi connectivity index (χ0v) is 14.7. The van der Waals surface area contributed by atoms with Gasteiger partial charge in [0.15, 0.2) is 0 Å². The van der Waals surface area contributed by atoms with E-state index in [0.717, 1.165) is 37.3 Å². The molecule has 0 aromatic heterocycles. The lowest BCUT2D eigenvalue weighted by Crippen LogP contribution is -2.32. The van der Waals surface area contributed by atoms with Gasteiger partial charge >= 0.3 is 0 Å². The Morgan fingerprint density at radius 3 is 2.28 bits per heavy atom. The fourth-order valence-electron chi connectivity index (χ4n) is 3.98. The first kappa shape index (κ1) is 16.3. The van der Waals surface area contributed by atoms with Gasteiger partial charge in [-0.2, -0.15) is 0 Å². The van der Waals surface area contributed by atoms with Crippen molar-refractivity contribution in [2.75, 3.05) is 26.2 Å². The number of halogens is 1. The van der Waals surface area contributed by atoms with Crippen LogP contribution >= 0.6 is 0 Å². The Morgan fingerprint density at radius 1 is 1.00 bits per heavy atom. The normalized spacial score (nSPS) is 22.3. The summed E-state index contributed by atoms with van der Waals surface area (Å²) in [6.07, 6.45) is 0. The van der Waals surface area contributed by atoms with Crippen LogP contribution in [-0.2, 0) is 0 Å². The van der Waals surface area contributed by atoms with Crippen LogP contribution < -0.4 is 5.32 Å². The average Bonchev–Trinajstić information content (AvgIpc) is 3.18. The van der Waals surface area contributed by atoms with E-state index in [0.29, 0.717) is 11.8 Å². The highest BCUT2D eigenvalue weighted by atomic mass is 19.1. The topological polar surface area (TPSA) is 32.3 Å². The molecule has 2 aliphatic rings. The van der Waals surface area contributed by atoms with Gasteiger partial charge in [-0.05, 0) is 60.1 Å². The van der Waals surface area contributed by atoms with Crippen LogP contribution in [0.2, 0.25) is 0 Å². The second-order valence-corrected chi connectivity index (χ2v) is 7.38. The Balaban J connectivity index is 1.57. The molecular formula is C21H23FN2O. The lowest BCUT2D eigenvalue weighted by atomic mass is 9.99. The van der Waals surface area contributed by atoms with Crippen molar-refractivity contribution in [2.24, 2.45) is 11.8 Å². The van der Waals surface area contributed by atoms with Crippen LogP contribution in [0.5, 0.6) is 0 Å². The number of fused-ring (bicyclic) bond motifs is 1. The molecule has 4 heteroatoms. The van der Waals surface area contributed by atoms with E-state index in [9.17, 15) is 9.18 Å². The summed E-state index contributed by atoms with van der Waals surface area (Å²) in [6.45, 7) is 7.49. The third-order valence-corrected chi connectivity index (χ3v) is 5.72. The summed E-state index contributed by atoms with van der Waals surface area (Å²) >= 11 is 0. The van der Waals surface area contributed by atoms with E-state index in [-0.39, 0.29) is 11.5 Å². The van der Waals surface area contributed by atoms with E-state index in [1.807, 2.05) is 30.0 Å². The highest BCUT2D eigenvalue weighted by molar-refractivity contribution is 5.95. The Hall–Kier alpha value is -2.20. The third-order valence-electron chi connectivity index (χ3n) is 5.72. The SMILES string of the molecule is Cc1ccc(-c2ccc(C(=O)N3C[C@H]4CNC[C@H]4C3)c(F)c2)cc1C. The van der Waals surface area contributed by atoms with E-state index in [1.54, 1.807) is 6.07 Å². The first-order valence-electron chi connectivity index (χ1n) is 8.90. The van der Waals surface area contributed by atoms with Crippen molar-refractivity contribution >= 4 is 5.91 Å². The zero-order valence-electron chi connectivity index (χ0n) is 14.7.